The number of methoxy groups -OCH3 is 1. The highest BCUT2D eigenvalue weighted by molar-refractivity contribution is 8.15. The van der Waals surface area contributed by atoms with Gasteiger partial charge >= 0.3 is 5.97 Å². The van der Waals surface area contributed by atoms with Crippen LogP contribution in [0.3, 0.4) is 0 Å². The lowest BCUT2D eigenvalue weighted by Gasteiger charge is -2.34. The largest absolute Gasteiger partial charge is 0.496 e. The molecule has 2 aliphatic heterocycles. The first kappa shape index (κ1) is 18.6. The number of benzene rings is 2. The van der Waals surface area contributed by atoms with E-state index in [1.807, 2.05) is 36.4 Å². The number of thioether (sulfide) groups is 1. The number of carbonyl (C=O) groups excluding carboxylic acids is 2. The van der Waals surface area contributed by atoms with Crippen LogP contribution in [0.1, 0.15) is 25.5 Å². The highest BCUT2D eigenvalue weighted by Crippen LogP contribution is 2.46. The highest BCUT2D eigenvalue weighted by atomic mass is 32.2. The molecule has 1 saturated heterocycles. The number of rotatable bonds is 4. The first-order chi connectivity index (χ1) is 13.6. The second-order valence-corrected chi connectivity index (χ2v) is 7.41. The molecule has 28 heavy (non-hydrogen) atoms. The van der Waals surface area contributed by atoms with E-state index in [9.17, 15) is 9.59 Å². The first-order valence-corrected chi connectivity index (χ1v) is 10.0. The number of hydrogen-bond acceptors (Lipinski definition) is 6. The molecule has 4 rings (SSSR count). The maximum Gasteiger partial charge on any atom is 0.338 e. The molecule has 0 N–H and O–H groups in total. The van der Waals surface area contributed by atoms with Crippen molar-refractivity contribution in [2.24, 2.45) is 4.99 Å². The zero-order valence-corrected chi connectivity index (χ0v) is 16.7. The number of aliphatic imine (C=N–C) groups is 1. The lowest BCUT2D eigenvalue weighted by atomic mass is 9.89. The molecule has 144 valence electrons. The molecule has 1 atom stereocenters. The second kappa shape index (κ2) is 7.31. The van der Waals surface area contributed by atoms with Crippen LogP contribution in [0.2, 0.25) is 0 Å². The topological polar surface area (TPSA) is 68.2 Å². The van der Waals surface area contributed by atoms with E-state index in [2.05, 4.69) is 4.99 Å². The monoisotopic (exact) mass is 396 g/mol. The maximum atomic E-state index is 12.9. The lowest BCUT2D eigenvalue weighted by molar-refractivity contribution is -0.139. The van der Waals surface area contributed by atoms with Crippen LogP contribution >= 0.6 is 11.8 Å². The number of hydrogen-bond donors (Lipinski definition) is 0. The Hall–Kier alpha value is -2.80. The zero-order chi connectivity index (χ0) is 19.8. The summed E-state index contributed by atoms with van der Waals surface area (Å²) in [6.07, 6.45) is 0. The number of esters is 1. The third-order valence-corrected chi connectivity index (χ3v) is 5.84. The normalized spacial score (nSPS) is 19.0. The van der Waals surface area contributed by atoms with Crippen molar-refractivity contribution < 1.29 is 19.1 Å². The summed E-state index contributed by atoms with van der Waals surface area (Å²) < 4.78 is 11.0. The number of allylic oxidation sites excluding steroid dienone is 1. The number of ether oxygens (including phenoxy) is 2. The Labute approximate surface area is 167 Å². The average molecular weight is 396 g/mol. The molecular formula is C21H20N2O4S. The highest BCUT2D eigenvalue weighted by Gasteiger charge is 2.44. The summed E-state index contributed by atoms with van der Waals surface area (Å²) in [6, 6.07) is 11.1. The van der Waals surface area contributed by atoms with E-state index in [0.717, 1.165) is 16.3 Å². The van der Waals surface area contributed by atoms with E-state index in [-0.39, 0.29) is 12.5 Å². The summed E-state index contributed by atoms with van der Waals surface area (Å²) in [5, 5.41) is 2.53. The molecule has 0 spiro atoms. The van der Waals surface area contributed by atoms with Crippen LogP contribution in [0.4, 0.5) is 0 Å². The number of carbonyl (C=O) groups is 2. The molecule has 0 radical (unpaired) electrons. The van der Waals surface area contributed by atoms with Crippen molar-refractivity contribution in [3.8, 4) is 5.75 Å². The van der Waals surface area contributed by atoms with Crippen molar-refractivity contribution in [3.63, 3.8) is 0 Å². The van der Waals surface area contributed by atoms with Gasteiger partial charge in [0.2, 0.25) is 5.91 Å². The molecule has 0 saturated carbocycles. The fourth-order valence-corrected chi connectivity index (χ4v) is 4.66. The van der Waals surface area contributed by atoms with Crippen molar-refractivity contribution in [3.05, 3.63) is 53.2 Å². The van der Waals surface area contributed by atoms with Gasteiger partial charge in [0.15, 0.2) is 5.17 Å². The lowest BCUT2D eigenvalue weighted by Crippen LogP contribution is -2.40. The Kier molecular flexibility index (Phi) is 4.85. The van der Waals surface area contributed by atoms with Gasteiger partial charge in [0, 0.05) is 5.56 Å². The van der Waals surface area contributed by atoms with Crippen LogP contribution in [-0.2, 0) is 14.3 Å². The molecule has 2 aromatic rings. The molecular weight excluding hydrogens is 376 g/mol. The van der Waals surface area contributed by atoms with Gasteiger partial charge in [-0.15, -0.1) is 0 Å². The van der Waals surface area contributed by atoms with Crippen LogP contribution in [0.5, 0.6) is 5.75 Å². The fourth-order valence-electron chi connectivity index (χ4n) is 3.72. The quantitative estimate of drug-likeness (QED) is 0.738. The van der Waals surface area contributed by atoms with E-state index < -0.39 is 12.0 Å². The Morgan fingerprint density at radius 2 is 2.07 bits per heavy atom. The van der Waals surface area contributed by atoms with E-state index in [1.165, 1.54) is 11.8 Å². The molecule has 0 aromatic heterocycles. The third-order valence-electron chi connectivity index (χ3n) is 4.90. The van der Waals surface area contributed by atoms with Gasteiger partial charge < -0.3 is 9.47 Å². The molecule has 6 nitrogen and oxygen atoms in total. The minimum absolute atomic E-state index is 0.0852. The molecule has 2 aliphatic rings. The molecule has 7 heteroatoms. The van der Waals surface area contributed by atoms with Gasteiger partial charge in [-0.2, -0.15) is 0 Å². The van der Waals surface area contributed by atoms with Gasteiger partial charge in [-0.3, -0.25) is 9.69 Å². The summed E-state index contributed by atoms with van der Waals surface area (Å²) in [4.78, 5) is 31.8. The summed E-state index contributed by atoms with van der Waals surface area (Å²) in [6.45, 7) is 3.79. The molecule has 1 fully saturated rings. The van der Waals surface area contributed by atoms with Gasteiger partial charge in [0.05, 0.1) is 30.7 Å². The molecule has 0 unspecified atom stereocenters. The minimum atomic E-state index is -0.643. The summed E-state index contributed by atoms with van der Waals surface area (Å²) in [7, 11) is 1.59. The summed E-state index contributed by atoms with van der Waals surface area (Å²) in [5.74, 6) is 0.362. The summed E-state index contributed by atoms with van der Waals surface area (Å²) >= 11 is 1.38. The van der Waals surface area contributed by atoms with E-state index >= 15 is 0 Å². The minimum Gasteiger partial charge on any atom is -0.496 e. The van der Waals surface area contributed by atoms with Crippen molar-refractivity contribution in [1.29, 1.82) is 0 Å². The first-order valence-electron chi connectivity index (χ1n) is 9.03. The van der Waals surface area contributed by atoms with Crippen LogP contribution in [0.15, 0.2) is 52.7 Å². The van der Waals surface area contributed by atoms with Gasteiger partial charge in [0.25, 0.3) is 0 Å². The average Bonchev–Trinajstić information content (AvgIpc) is 3.06. The van der Waals surface area contributed by atoms with Gasteiger partial charge in [-0.25, -0.2) is 9.79 Å². The Balaban J connectivity index is 2.02. The van der Waals surface area contributed by atoms with Crippen LogP contribution in [-0.4, -0.2) is 41.4 Å². The Morgan fingerprint density at radius 1 is 1.29 bits per heavy atom. The van der Waals surface area contributed by atoms with E-state index in [1.54, 1.807) is 25.9 Å². The fraction of sp³-hybridized carbons (Fsp3) is 0.286. The van der Waals surface area contributed by atoms with Crippen molar-refractivity contribution in [2.75, 3.05) is 19.5 Å². The van der Waals surface area contributed by atoms with Crippen molar-refractivity contribution in [2.45, 2.75) is 19.9 Å². The Bertz CT molecular complexity index is 1040. The molecule has 2 aromatic carbocycles. The van der Waals surface area contributed by atoms with Gasteiger partial charge in [0.1, 0.15) is 11.8 Å². The van der Waals surface area contributed by atoms with Crippen molar-refractivity contribution >= 4 is 39.6 Å². The van der Waals surface area contributed by atoms with Crippen LogP contribution in [0.25, 0.3) is 10.8 Å². The van der Waals surface area contributed by atoms with Crippen LogP contribution < -0.4 is 4.74 Å². The van der Waals surface area contributed by atoms with Gasteiger partial charge in [-0.1, -0.05) is 42.1 Å². The number of amidine groups is 1. The molecule has 2 heterocycles. The maximum absolute atomic E-state index is 12.9. The second-order valence-electron chi connectivity index (χ2n) is 6.47. The van der Waals surface area contributed by atoms with E-state index in [4.69, 9.17) is 9.47 Å². The van der Waals surface area contributed by atoms with E-state index in [0.29, 0.717) is 27.9 Å². The van der Waals surface area contributed by atoms with Crippen LogP contribution in [0, 0.1) is 0 Å². The SMILES string of the molecule is CCOC(=O)C1=C(C)N=C2SCC(=O)N2[C@@H]1c1c(OC)ccc2ccccc12. The number of amides is 1. The third kappa shape index (κ3) is 2.86. The standard InChI is InChI=1S/C21H20N2O4S/c1-4-27-20(25)17-12(2)22-21-23(16(24)11-28-21)19(17)18-14-8-6-5-7-13(14)9-10-15(18)26-3/h5-10,19H,4,11H2,1-3H3/t19-/m0/s1. The molecule has 0 aliphatic carbocycles. The predicted octanol–water partition coefficient (Wildman–Crippen LogP) is 3.67. The zero-order valence-electron chi connectivity index (χ0n) is 15.9. The number of fused-ring (bicyclic) bond motifs is 2. The van der Waals surface area contributed by atoms with Gasteiger partial charge in [-0.05, 0) is 30.7 Å². The smallest absolute Gasteiger partial charge is 0.338 e. The molecule has 1 amide bonds. The Morgan fingerprint density at radius 3 is 2.82 bits per heavy atom. The predicted molar refractivity (Wildman–Crippen MR) is 109 cm³/mol. The molecule has 0 bridgehead atoms. The van der Waals surface area contributed by atoms with Crippen molar-refractivity contribution in [1.82, 2.24) is 4.90 Å². The number of nitrogens with zero attached hydrogens (tertiary/aromatic N) is 2. The summed E-state index contributed by atoms with van der Waals surface area (Å²) in [5.41, 5.74) is 1.70.